The van der Waals surface area contributed by atoms with Crippen LogP contribution in [0.25, 0.3) is 11.5 Å². The molecule has 0 saturated heterocycles. The predicted molar refractivity (Wildman–Crippen MR) is 105 cm³/mol. The minimum atomic E-state index is -5.00. The number of amides is 1. The lowest BCUT2D eigenvalue weighted by molar-refractivity contribution is -0.143. The average Bonchev–Trinajstić information content (AvgIpc) is 3.47. The van der Waals surface area contributed by atoms with Crippen LogP contribution in [0.2, 0.25) is 0 Å². The summed E-state index contributed by atoms with van der Waals surface area (Å²) in [6.45, 7) is 1.25. The number of alkyl halides is 6. The lowest BCUT2D eigenvalue weighted by Crippen LogP contribution is -2.15. The van der Waals surface area contributed by atoms with E-state index in [0.717, 1.165) is 10.7 Å². The van der Waals surface area contributed by atoms with Gasteiger partial charge in [0.05, 0.1) is 29.6 Å². The molecule has 1 aromatic carbocycles. The molecule has 3 heterocycles. The number of aryl methyl sites for hydroxylation is 1. The molecule has 0 unspecified atom stereocenters. The third-order valence-corrected chi connectivity index (χ3v) is 4.69. The molecule has 3 aromatic heterocycles. The fourth-order valence-electron chi connectivity index (χ4n) is 3.10. The molecular formula is C21H14F6N4O3. The Hall–Kier alpha value is -4.03. The first-order valence-corrected chi connectivity index (χ1v) is 9.55. The van der Waals surface area contributed by atoms with Crippen molar-refractivity contribution in [2.24, 2.45) is 0 Å². The zero-order valence-corrected chi connectivity index (χ0v) is 17.2. The molecule has 0 aliphatic carbocycles. The highest BCUT2D eigenvalue weighted by atomic mass is 19.4. The molecule has 4 rings (SSSR count). The number of nitrogens with zero attached hydrogens (tertiary/aromatic N) is 3. The summed E-state index contributed by atoms with van der Waals surface area (Å²) in [4.78, 5) is 12.4. The molecule has 0 aliphatic heterocycles. The molecule has 0 fully saturated rings. The van der Waals surface area contributed by atoms with E-state index in [4.69, 9.17) is 8.94 Å². The molecule has 0 saturated carbocycles. The maximum atomic E-state index is 13.3. The lowest BCUT2D eigenvalue weighted by atomic mass is 10.0. The van der Waals surface area contributed by atoms with Crippen LogP contribution in [0, 0.1) is 6.92 Å². The van der Waals surface area contributed by atoms with E-state index >= 15 is 0 Å². The molecule has 4 aromatic rings. The van der Waals surface area contributed by atoms with Gasteiger partial charge in [0.15, 0.2) is 11.5 Å². The minimum Gasteiger partial charge on any atom is -0.458 e. The number of carbonyl (C=O) groups is 1. The van der Waals surface area contributed by atoms with Gasteiger partial charge in [-0.3, -0.25) is 9.48 Å². The number of anilines is 1. The van der Waals surface area contributed by atoms with E-state index in [1.165, 1.54) is 18.5 Å². The van der Waals surface area contributed by atoms with Gasteiger partial charge in [0.1, 0.15) is 5.76 Å². The van der Waals surface area contributed by atoms with Crippen LogP contribution in [0.15, 0.2) is 57.7 Å². The maximum absolute atomic E-state index is 13.3. The number of halogens is 6. The summed E-state index contributed by atoms with van der Waals surface area (Å²) < 4.78 is 90.0. The molecular weight excluding hydrogens is 470 g/mol. The molecule has 0 spiro atoms. The van der Waals surface area contributed by atoms with Gasteiger partial charge >= 0.3 is 12.4 Å². The number of hydrogen-bond acceptors (Lipinski definition) is 5. The summed E-state index contributed by atoms with van der Waals surface area (Å²) in [6.07, 6.45) is -7.52. The highest BCUT2D eigenvalue weighted by Crippen LogP contribution is 2.37. The Morgan fingerprint density at radius 1 is 1.03 bits per heavy atom. The third-order valence-electron chi connectivity index (χ3n) is 4.69. The summed E-state index contributed by atoms with van der Waals surface area (Å²) in [6, 6.07) is 6.06. The second-order valence-electron chi connectivity index (χ2n) is 7.23. The number of rotatable bonds is 5. The van der Waals surface area contributed by atoms with E-state index in [-0.39, 0.29) is 23.2 Å². The first kappa shape index (κ1) is 23.1. The van der Waals surface area contributed by atoms with Crippen LogP contribution in [0.1, 0.15) is 32.9 Å². The highest BCUT2D eigenvalue weighted by Gasteiger charge is 2.38. The molecule has 1 amide bonds. The van der Waals surface area contributed by atoms with Crippen molar-refractivity contribution in [3.05, 3.63) is 76.9 Å². The first-order valence-electron chi connectivity index (χ1n) is 9.55. The van der Waals surface area contributed by atoms with Crippen molar-refractivity contribution in [1.29, 1.82) is 0 Å². The Kier molecular flexibility index (Phi) is 5.71. The largest absolute Gasteiger partial charge is 0.458 e. The van der Waals surface area contributed by atoms with E-state index < -0.39 is 41.5 Å². The van der Waals surface area contributed by atoms with Crippen LogP contribution in [-0.2, 0) is 18.9 Å². The molecule has 13 heteroatoms. The fourth-order valence-corrected chi connectivity index (χ4v) is 3.10. The van der Waals surface area contributed by atoms with Crippen molar-refractivity contribution < 1.29 is 40.1 Å². The Balaban J connectivity index is 1.49. The molecule has 0 aliphatic rings. The summed E-state index contributed by atoms with van der Waals surface area (Å²) in [5.41, 5.74) is -3.21. The minimum absolute atomic E-state index is 0.0597. The smallest absolute Gasteiger partial charge is 0.416 e. The molecule has 0 atom stereocenters. The van der Waals surface area contributed by atoms with Crippen LogP contribution < -0.4 is 5.32 Å². The number of furan rings is 1. The Morgan fingerprint density at radius 3 is 2.44 bits per heavy atom. The van der Waals surface area contributed by atoms with E-state index in [0.29, 0.717) is 17.6 Å². The fraction of sp³-hybridized carbons (Fsp3) is 0.190. The maximum Gasteiger partial charge on any atom is 0.416 e. The number of hydrogen-bond donors (Lipinski definition) is 1. The van der Waals surface area contributed by atoms with E-state index in [9.17, 15) is 31.1 Å². The summed E-state index contributed by atoms with van der Waals surface area (Å²) in [5, 5.41) is 9.97. The van der Waals surface area contributed by atoms with Crippen molar-refractivity contribution in [1.82, 2.24) is 14.9 Å². The quantitative estimate of drug-likeness (QED) is 0.363. The molecule has 0 radical (unpaired) electrons. The van der Waals surface area contributed by atoms with Crippen LogP contribution in [0.5, 0.6) is 0 Å². The van der Waals surface area contributed by atoms with Gasteiger partial charge in [-0.1, -0.05) is 11.2 Å². The Morgan fingerprint density at radius 2 is 1.79 bits per heavy atom. The third kappa shape index (κ3) is 4.97. The normalized spacial score (nSPS) is 12.2. The second-order valence-corrected chi connectivity index (χ2v) is 7.23. The Labute approximate surface area is 186 Å². The van der Waals surface area contributed by atoms with Gasteiger partial charge in [-0.25, -0.2) is 0 Å². The first-order chi connectivity index (χ1) is 15.9. The van der Waals surface area contributed by atoms with Gasteiger partial charge in [-0.15, -0.1) is 0 Å². The van der Waals surface area contributed by atoms with Gasteiger partial charge in [-0.05, 0) is 36.8 Å². The van der Waals surface area contributed by atoms with Gasteiger partial charge in [0.2, 0.25) is 5.76 Å². The standard InChI is InChI=1S/C21H14F6N4O3/c1-11-2-5-17(33-11)18-7-16(30-34-18)19(32)29-14-8-28-31(10-14)9-12-3-4-13(20(22,23)24)6-15(12)21(25,26)27/h2-8,10H,9H2,1H3,(H,29,32). The predicted octanol–water partition coefficient (Wildman–Crippen LogP) is 5.78. The number of aromatic nitrogens is 3. The highest BCUT2D eigenvalue weighted by molar-refractivity contribution is 6.03. The van der Waals surface area contributed by atoms with Gasteiger partial charge in [0, 0.05) is 12.3 Å². The zero-order chi connectivity index (χ0) is 24.7. The molecule has 0 bridgehead atoms. The zero-order valence-electron chi connectivity index (χ0n) is 17.2. The Bertz CT molecular complexity index is 1330. The number of benzene rings is 1. The average molecular weight is 484 g/mol. The molecule has 1 N–H and O–H groups in total. The molecule has 7 nitrogen and oxygen atoms in total. The van der Waals surface area contributed by atoms with Crippen LogP contribution in [0.3, 0.4) is 0 Å². The van der Waals surface area contributed by atoms with Crippen LogP contribution >= 0.6 is 0 Å². The van der Waals surface area contributed by atoms with Gasteiger partial charge in [0.25, 0.3) is 5.91 Å². The summed E-state index contributed by atoms with van der Waals surface area (Å²) in [7, 11) is 0. The van der Waals surface area contributed by atoms with Crippen molar-refractivity contribution in [3.63, 3.8) is 0 Å². The summed E-state index contributed by atoms with van der Waals surface area (Å²) >= 11 is 0. The monoisotopic (exact) mass is 484 g/mol. The van der Waals surface area contributed by atoms with Crippen molar-refractivity contribution in [2.75, 3.05) is 5.32 Å². The van der Waals surface area contributed by atoms with E-state index in [1.807, 2.05) is 0 Å². The van der Waals surface area contributed by atoms with Crippen LogP contribution in [0.4, 0.5) is 32.0 Å². The molecule has 34 heavy (non-hydrogen) atoms. The number of carbonyl (C=O) groups excluding carboxylic acids is 1. The van der Waals surface area contributed by atoms with Crippen molar-refractivity contribution in [3.8, 4) is 11.5 Å². The second kappa shape index (κ2) is 8.39. The van der Waals surface area contributed by atoms with Crippen molar-refractivity contribution >= 4 is 11.6 Å². The van der Waals surface area contributed by atoms with Gasteiger partial charge < -0.3 is 14.3 Å². The van der Waals surface area contributed by atoms with E-state index in [2.05, 4.69) is 15.6 Å². The SMILES string of the molecule is Cc1ccc(-c2cc(C(=O)Nc3cnn(Cc4ccc(C(F)(F)F)cc4C(F)(F)F)c3)no2)o1. The molecule has 178 valence electrons. The van der Waals surface area contributed by atoms with Gasteiger partial charge in [-0.2, -0.15) is 31.4 Å². The topological polar surface area (TPSA) is 86.1 Å². The van der Waals surface area contributed by atoms with E-state index in [1.54, 1.807) is 19.1 Å². The number of nitrogens with one attached hydrogen (secondary N) is 1. The van der Waals surface area contributed by atoms with Crippen molar-refractivity contribution in [2.45, 2.75) is 25.8 Å². The van der Waals surface area contributed by atoms with Crippen LogP contribution in [-0.4, -0.2) is 20.8 Å². The lowest BCUT2D eigenvalue weighted by Gasteiger charge is -2.16. The summed E-state index contributed by atoms with van der Waals surface area (Å²) in [5.74, 6) is 0.541.